The largest absolute Gasteiger partial charge is 0.361 e. The van der Waals surface area contributed by atoms with Gasteiger partial charge in [0.25, 0.3) is 0 Å². The van der Waals surface area contributed by atoms with Crippen molar-refractivity contribution in [3.8, 4) is 0 Å². The third-order valence-electron chi connectivity index (χ3n) is 5.71. The van der Waals surface area contributed by atoms with Crippen LogP contribution in [0.15, 0.2) is 35.6 Å². The molecule has 0 radical (unpaired) electrons. The van der Waals surface area contributed by atoms with Crippen molar-refractivity contribution in [2.75, 3.05) is 0 Å². The number of thiocarbonyl (C=S) groups is 1. The maximum atomic E-state index is 12.8. The van der Waals surface area contributed by atoms with Crippen molar-refractivity contribution in [2.45, 2.75) is 62.9 Å². The van der Waals surface area contributed by atoms with E-state index < -0.39 is 16.9 Å². The summed E-state index contributed by atoms with van der Waals surface area (Å²) in [4.78, 5) is 16.0. The van der Waals surface area contributed by atoms with Gasteiger partial charge in [0.1, 0.15) is 0 Å². The van der Waals surface area contributed by atoms with E-state index in [1.165, 1.54) is 18.2 Å². The van der Waals surface area contributed by atoms with Crippen LogP contribution >= 0.6 is 24.0 Å². The highest BCUT2D eigenvalue weighted by Gasteiger charge is 2.50. The number of para-hydroxylation sites is 1. The van der Waals surface area contributed by atoms with Gasteiger partial charge in [-0.2, -0.15) is 10.2 Å². The number of carbonyl (C=O) groups excluding carboxylic acids is 1. The highest BCUT2D eigenvalue weighted by atomic mass is 32.2. The van der Waals surface area contributed by atoms with Crippen LogP contribution in [0.1, 0.15) is 51.5 Å². The van der Waals surface area contributed by atoms with Gasteiger partial charge >= 0.3 is 6.03 Å². The van der Waals surface area contributed by atoms with E-state index in [0.29, 0.717) is 4.32 Å². The Bertz CT molecular complexity index is 967. The van der Waals surface area contributed by atoms with E-state index in [9.17, 15) is 10.0 Å². The summed E-state index contributed by atoms with van der Waals surface area (Å²) in [5.74, 6) is 0. The minimum Gasteiger partial charge on any atom is -0.361 e. The third-order valence-corrected chi connectivity index (χ3v) is 7.24. The monoisotopic (exact) mass is 445 g/mol. The highest BCUT2D eigenvalue weighted by Crippen LogP contribution is 2.42. The van der Waals surface area contributed by atoms with Gasteiger partial charge in [0.15, 0.2) is 10.5 Å². The molecule has 1 saturated carbocycles. The van der Waals surface area contributed by atoms with Crippen molar-refractivity contribution in [2.24, 2.45) is 5.10 Å². The Kier molecular flexibility index (Phi) is 6.04. The van der Waals surface area contributed by atoms with Crippen LogP contribution in [0.3, 0.4) is 0 Å². The summed E-state index contributed by atoms with van der Waals surface area (Å²) >= 11 is 6.95. The number of hydroxylamine groups is 2. The molecule has 160 valence electrons. The predicted octanol–water partition coefficient (Wildman–Crippen LogP) is 4.67. The van der Waals surface area contributed by atoms with Gasteiger partial charge in [0, 0.05) is 28.7 Å². The fourth-order valence-corrected chi connectivity index (χ4v) is 5.94. The molecule has 9 heteroatoms. The molecule has 1 atom stereocenters. The smallest absolute Gasteiger partial charge is 0.343 e. The summed E-state index contributed by atoms with van der Waals surface area (Å²) in [6.45, 7) is 3.90. The number of hydrazone groups is 1. The minimum absolute atomic E-state index is 0.105. The van der Waals surface area contributed by atoms with E-state index in [1.807, 2.05) is 44.3 Å². The molecule has 7 nitrogen and oxygen atoms in total. The molecule has 1 aliphatic carbocycles. The molecule has 0 bridgehead atoms. The van der Waals surface area contributed by atoms with Crippen molar-refractivity contribution in [1.82, 2.24) is 20.4 Å². The molecule has 0 spiro atoms. The zero-order chi connectivity index (χ0) is 21.3. The van der Waals surface area contributed by atoms with E-state index in [2.05, 4.69) is 15.4 Å². The summed E-state index contributed by atoms with van der Waals surface area (Å²) in [5, 5.41) is 21.7. The van der Waals surface area contributed by atoms with Crippen LogP contribution in [-0.4, -0.2) is 53.8 Å². The number of hydrogen-bond donors (Lipinski definition) is 3. The number of thioether (sulfide) groups is 1. The maximum absolute atomic E-state index is 12.8. The van der Waals surface area contributed by atoms with Gasteiger partial charge in [0.2, 0.25) is 0 Å². The Hall–Kier alpha value is -2.10. The van der Waals surface area contributed by atoms with Crippen molar-refractivity contribution in [3.63, 3.8) is 0 Å². The van der Waals surface area contributed by atoms with Crippen molar-refractivity contribution in [3.05, 3.63) is 36.0 Å². The Labute approximate surface area is 185 Å². The van der Waals surface area contributed by atoms with Crippen LogP contribution in [0.5, 0.6) is 0 Å². The first-order valence-electron chi connectivity index (χ1n) is 10.3. The van der Waals surface area contributed by atoms with E-state index in [1.54, 1.807) is 11.2 Å². The van der Waals surface area contributed by atoms with Crippen molar-refractivity contribution < 1.29 is 10.0 Å². The lowest BCUT2D eigenvalue weighted by molar-refractivity contribution is -0.119. The highest BCUT2D eigenvalue weighted by molar-refractivity contribution is 8.24. The average molecular weight is 446 g/mol. The van der Waals surface area contributed by atoms with Crippen molar-refractivity contribution >= 4 is 51.4 Å². The molecule has 1 saturated heterocycles. The fraction of sp³-hybridized carbons (Fsp3) is 0.476. The average Bonchev–Trinajstić information content (AvgIpc) is 3.23. The Morgan fingerprint density at radius 3 is 2.87 bits per heavy atom. The predicted molar refractivity (Wildman–Crippen MR) is 125 cm³/mol. The number of benzene rings is 1. The van der Waals surface area contributed by atoms with Crippen LogP contribution < -0.4 is 5.32 Å². The molecular formula is C21H27N5O2S2. The topological polar surface area (TPSA) is 84.0 Å². The molecule has 1 aromatic carbocycles. The first-order chi connectivity index (χ1) is 14.4. The van der Waals surface area contributed by atoms with Gasteiger partial charge in [-0.3, -0.25) is 5.21 Å². The second kappa shape index (κ2) is 8.56. The standard InChI is InChI=1S/C21H27N5O2S2/c1-21(2)18(26(28)19(27)24-15-8-4-3-5-9-15)25(20(29)30-21)23-13-14-12-22-17-11-7-6-10-16(14)17/h6-7,10-13,15,18,22,28H,3-5,8-9H2,1-2H3,(H,24,27)/b23-13-/t18-/m1/s1. The summed E-state index contributed by atoms with van der Waals surface area (Å²) in [5.41, 5.74) is 1.93. The van der Waals surface area contributed by atoms with E-state index in [4.69, 9.17) is 12.2 Å². The first-order valence-corrected chi connectivity index (χ1v) is 11.5. The first kappa shape index (κ1) is 21.1. The number of fused-ring (bicyclic) bond motifs is 1. The number of aromatic amines is 1. The van der Waals surface area contributed by atoms with Gasteiger partial charge in [0.05, 0.1) is 11.0 Å². The summed E-state index contributed by atoms with van der Waals surface area (Å²) in [6.07, 6.45) is 8.19. The molecule has 2 aromatic rings. The molecule has 2 amide bonds. The maximum Gasteiger partial charge on any atom is 0.343 e. The zero-order valence-corrected chi connectivity index (χ0v) is 18.8. The lowest BCUT2D eigenvalue weighted by atomic mass is 9.96. The van der Waals surface area contributed by atoms with Gasteiger partial charge in [-0.15, -0.1) is 0 Å². The number of carbonyl (C=O) groups is 1. The van der Waals surface area contributed by atoms with Gasteiger partial charge in [-0.25, -0.2) is 9.80 Å². The van der Waals surface area contributed by atoms with Gasteiger partial charge in [-0.1, -0.05) is 61.4 Å². The van der Waals surface area contributed by atoms with E-state index in [0.717, 1.165) is 47.2 Å². The quantitative estimate of drug-likeness (QED) is 0.276. The summed E-state index contributed by atoms with van der Waals surface area (Å²) in [6, 6.07) is 7.56. The Morgan fingerprint density at radius 2 is 2.10 bits per heavy atom. The second-order valence-corrected chi connectivity index (χ2v) is 10.6. The molecule has 2 aliphatic rings. The number of H-pyrrole nitrogens is 1. The van der Waals surface area contributed by atoms with E-state index >= 15 is 0 Å². The molecule has 0 unspecified atom stereocenters. The van der Waals surface area contributed by atoms with Gasteiger partial charge in [-0.05, 0) is 32.8 Å². The van der Waals surface area contributed by atoms with Crippen LogP contribution in [0.2, 0.25) is 0 Å². The molecule has 3 N–H and O–H groups in total. The number of aromatic nitrogens is 1. The van der Waals surface area contributed by atoms with Crippen LogP contribution in [0.4, 0.5) is 4.79 Å². The molecule has 2 fully saturated rings. The van der Waals surface area contributed by atoms with Crippen LogP contribution in [0.25, 0.3) is 10.9 Å². The number of urea groups is 1. The SMILES string of the molecule is CC1(C)SC(=S)N(/N=C\c2c[nH]c3ccccc23)[C@@H]1N(O)C(=O)NC1CCCCC1. The molecule has 4 rings (SSSR count). The lowest BCUT2D eigenvalue weighted by Gasteiger charge is -2.35. The number of rotatable bonds is 4. The number of amides is 2. The molecule has 1 aromatic heterocycles. The van der Waals surface area contributed by atoms with E-state index in [-0.39, 0.29) is 6.04 Å². The fourth-order valence-electron chi connectivity index (χ4n) is 4.15. The summed E-state index contributed by atoms with van der Waals surface area (Å²) in [7, 11) is 0. The zero-order valence-electron chi connectivity index (χ0n) is 17.2. The van der Waals surface area contributed by atoms with Gasteiger partial charge < -0.3 is 10.3 Å². The third kappa shape index (κ3) is 4.19. The Balaban J connectivity index is 1.54. The molecular weight excluding hydrogens is 418 g/mol. The summed E-state index contributed by atoms with van der Waals surface area (Å²) < 4.78 is -0.00146. The lowest BCUT2D eigenvalue weighted by Crippen LogP contribution is -2.57. The second-order valence-electron chi connectivity index (χ2n) is 8.35. The molecule has 30 heavy (non-hydrogen) atoms. The number of nitrogens with one attached hydrogen (secondary N) is 2. The number of nitrogens with zero attached hydrogens (tertiary/aromatic N) is 3. The Morgan fingerprint density at radius 1 is 1.37 bits per heavy atom. The minimum atomic E-state index is -0.708. The van der Waals surface area contributed by atoms with Crippen molar-refractivity contribution in [1.29, 1.82) is 0 Å². The normalized spacial score (nSPS) is 22.2. The molecule has 1 aliphatic heterocycles. The van der Waals surface area contributed by atoms with Crippen LogP contribution in [-0.2, 0) is 0 Å². The molecule has 2 heterocycles. The van der Waals surface area contributed by atoms with Crippen LogP contribution in [0, 0.1) is 0 Å². The number of hydrogen-bond acceptors (Lipinski definition) is 5.